The van der Waals surface area contributed by atoms with Crippen LogP contribution in [0.3, 0.4) is 0 Å². The zero-order valence-corrected chi connectivity index (χ0v) is 9.88. The van der Waals surface area contributed by atoms with Crippen LogP contribution in [0.2, 0.25) is 0 Å². The molecule has 0 aliphatic carbocycles. The van der Waals surface area contributed by atoms with Gasteiger partial charge < -0.3 is 5.32 Å². The minimum Gasteiger partial charge on any atom is -0.374 e. The Labute approximate surface area is 97.4 Å². The molecule has 0 radical (unpaired) electrons. The molecule has 0 fully saturated rings. The summed E-state index contributed by atoms with van der Waals surface area (Å²) in [4.78, 5) is 7.77. The molecule has 2 rings (SSSR count). The topological polar surface area (TPSA) is 37.8 Å². The second-order valence-electron chi connectivity index (χ2n) is 3.95. The van der Waals surface area contributed by atoms with Crippen LogP contribution in [0.4, 0.5) is 10.1 Å². The fourth-order valence-corrected chi connectivity index (χ4v) is 2.14. The Morgan fingerprint density at radius 3 is 2.75 bits per heavy atom. The van der Waals surface area contributed by atoms with E-state index in [1.807, 2.05) is 19.2 Å². The zero-order chi connectivity index (χ0) is 11.6. The Morgan fingerprint density at radius 2 is 2.12 bits per heavy atom. The average molecular weight is 237 g/mol. The summed E-state index contributed by atoms with van der Waals surface area (Å²) in [6.45, 7) is 4.01. The standard InChI is InChI=1S/C11H12FN3S/c1-11(2,10-14-5-6-16-10)15-8-3-4-13-9(12)7-8/h3-7H,1-2H3,(H,13,15). The molecule has 2 aromatic heterocycles. The number of nitrogens with one attached hydrogen (secondary N) is 1. The molecule has 0 aliphatic heterocycles. The maximum absolute atomic E-state index is 12.9. The molecule has 0 amide bonds. The smallest absolute Gasteiger partial charge is 0.214 e. The summed E-state index contributed by atoms with van der Waals surface area (Å²) in [6.07, 6.45) is 3.20. The summed E-state index contributed by atoms with van der Waals surface area (Å²) < 4.78 is 12.9. The molecule has 0 unspecified atom stereocenters. The van der Waals surface area contributed by atoms with Gasteiger partial charge in [0, 0.05) is 29.5 Å². The highest BCUT2D eigenvalue weighted by atomic mass is 32.1. The Morgan fingerprint density at radius 1 is 1.31 bits per heavy atom. The van der Waals surface area contributed by atoms with E-state index in [9.17, 15) is 4.39 Å². The Kier molecular flexibility index (Phi) is 2.87. The van der Waals surface area contributed by atoms with Crippen LogP contribution in [-0.4, -0.2) is 9.97 Å². The van der Waals surface area contributed by atoms with Gasteiger partial charge in [0.2, 0.25) is 5.95 Å². The summed E-state index contributed by atoms with van der Waals surface area (Å²) in [5.74, 6) is -0.486. The Bertz CT molecular complexity index is 468. The highest BCUT2D eigenvalue weighted by Crippen LogP contribution is 2.26. The van der Waals surface area contributed by atoms with Crippen molar-refractivity contribution in [1.29, 1.82) is 0 Å². The molecule has 0 aliphatic rings. The number of aromatic nitrogens is 2. The molecule has 0 spiro atoms. The molecule has 16 heavy (non-hydrogen) atoms. The number of hydrogen-bond donors (Lipinski definition) is 1. The van der Waals surface area contributed by atoms with Gasteiger partial charge >= 0.3 is 0 Å². The molecule has 3 nitrogen and oxygen atoms in total. The summed E-state index contributed by atoms with van der Waals surface area (Å²) in [7, 11) is 0. The minimum absolute atomic E-state index is 0.318. The van der Waals surface area contributed by atoms with Crippen molar-refractivity contribution < 1.29 is 4.39 Å². The molecule has 84 valence electrons. The van der Waals surface area contributed by atoms with Gasteiger partial charge in [-0.25, -0.2) is 9.97 Å². The summed E-state index contributed by atoms with van der Waals surface area (Å²) in [6, 6.07) is 3.10. The molecule has 1 N–H and O–H groups in total. The Balaban J connectivity index is 2.21. The lowest BCUT2D eigenvalue weighted by molar-refractivity contribution is 0.577. The third kappa shape index (κ3) is 2.36. The number of nitrogens with zero attached hydrogens (tertiary/aromatic N) is 2. The van der Waals surface area contributed by atoms with Crippen LogP contribution in [0.25, 0.3) is 0 Å². The summed E-state index contributed by atoms with van der Waals surface area (Å²) in [5.41, 5.74) is 0.384. The number of hydrogen-bond acceptors (Lipinski definition) is 4. The van der Waals surface area contributed by atoms with E-state index in [4.69, 9.17) is 0 Å². The van der Waals surface area contributed by atoms with Crippen molar-refractivity contribution in [3.8, 4) is 0 Å². The number of rotatable bonds is 3. The van der Waals surface area contributed by atoms with E-state index in [0.717, 1.165) is 5.01 Å². The monoisotopic (exact) mass is 237 g/mol. The van der Waals surface area contributed by atoms with Crippen LogP contribution in [0.15, 0.2) is 29.9 Å². The van der Waals surface area contributed by atoms with Crippen LogP contribution < -0.4 is 5.32 Å². The lowest BCUT2D eigenvalue weighted by atomic mass is 10.1. The van der Waals surface area contributed by atoms with Crippen LogP contribution in [0.5, 0.6) is 0 Å². The largest absolute Gasteiger partial charge is 0.374 e. The minimum atomic E-state index is -0.486. The fourth-order valence-electron chi connectivity index (χ4n) is 1.43. The molecule has 0 atom stereocenters. The predicted octanol–water partition coefficient (Wildman–Crippen LogP) is 3.02. The average Bonchev–Trinajstić information content (AvgIpc) is 2.69. The molecule has 0 bridgehead atoms. The van der Waals surface area contributed by atoms with Gasteiger partial charge in [-0.15, -0.1) is 11.3 Å². The molecule has 0 saturated carbocycles. The second kappa shape index (κ2) is 4.17. The first-order chi connectivity index (χ1) is 7.58. The molecule has 0 saturated heterocycles. The van der Waals surface area contributed by atoms with Gasteiger partial charge in [0.25, 0.3) is 0 Å². The predicted molar refractivity (Wildman–Crippen MR) is 63.0 cm³/mol. The van der Waals surface area contributed by atoms with Gasteiger partial charge in [-0.3, -0.25) is 0 Å². The van der Waals surface area contributed by atoms with E-state index in [0.29, 0.717) is 5.69 Å². The normalized spacial score (nSPS) is 11.4. The van der Waals surface area contributed by atoms with Gasteiger partial charge in [0.1, 0.15) is 5.01 Å². The Hall–Kier alpha value is -1.49. The van der Waals surface area contributed by atoms with E-state index in [-0.39, 0.29) is 5.54 Å². The highest BCUT2D eigenvalue weighted by molar-refractivity contribution is 7.09. The lowest BCUT2D eigenvalue weighted by Gasteiger charge is -2.25. The molecule has 0 aromatic carbocycles. The fraction of sp³-hybridized carbons (Fsp3) is 0.273. The van der Waals surface area contributed by atoms with Gasteiger partial charge in [0.05, 0.1) is 5.54 Å². The van der Waals surface area contributed by atoms with Crippen molar-refractivity contribution in [2.75, 3.05) is 5.32 Å². The molecule has 2 heterocycles. The van der Waals surface area contributed by atoms with Gasteiger partial charge in [-0.2, -0.15) is 4.39 Å². The van der Waals surface area contributed by atoms with Crippen molar-refractivity contribution in [1.82, 2.24) is 9.97 Å². The number of anilines is 1. The van der Waals surface area contributed by atoms with Crippen molar-refractivity contribution >= 4 is 17.0 Å². The van der Waals surface area contributed by atoms with Crippen LogP contribution in [-0.2, 0) is 5.54 Å². The van der Waals surface area contributed by atoms with E-state index < -0.39 is 5.95 Å². The first kappa shape index (κ1) is 11.0. The van der Waals surface area contributed by atoms with Crippen molar-refractivity contribution in [2.45, 2.75) is 19.4 Å². The molecular formula is C11H12FN3S. The first-order valence-electron chi connectivity index (χ1n) is 4.88. The maximum atomic E-state index is 12.9. The molecule has 2 aromatic rings. The summed E-state index contributed by atoms with van der Waals surface area (Å²) >= 11 is 1.57. The van der Waals surface area contributed by atoms with E-state index in [1.165, 1.54) is 12.3 Å². The van der Waals surface area contributed by atoms with Crippen molar-refractivity contribution in [3.63, 3.8) is 0 Å². The van der Waals surface area contributed by atoms with Crippen LogP contribution >= 0.6 is 11.3 Å². The lowest BCUT2D eigenvalue weighted by Crippen LogP contribution is -2.27. The second-order valence-corrected chi connectivity index (χ2v) is 4.85. The third-order valence-corrected chi connectivity index (χ3v) is 3.25. The van der Waals surface area contributed by atoms with Gasteiger partial charge in [0.15, 0.2) is 0 Å². The number of pyridine rings is 1. The summed E-state index contributed by atoms with van der Waals surface area (Å²) in [5, 5.41) is 6.11. The number of halogens is 1. The van der Waals surface area contributed by atoms with Crippen molar-refractivity contribution in [3.05, 3.63) is 40.9 Å². The zero-order valence-electron chi connectivity index (χ0n) is 9.07. The van der Waals surface area contributed by atoms with E-state index >= 15 is 0 Å². The van der Waals surface area contributed by atoms with Crippen molar-refractivity contribution in [2.24, 2.45) is 0 Å². The van der Waals surface area contributed by atoms with E-state index in [2.05, 4.69) is 15.3 Å². The quantitative estimate of drug-likeness (QED) is 0.834. The van der Waals surface area contributed by atoms with E-state index in [1.54, 1.807) is 23.6 Å². The van der Waals surface area contributed by atoms with Crippen LogP contribution in [0.1, 0.15) is 18.9 Å². The number of thiazole rings is 1. The van der Waals surface area contributed by atoms with Crippen LogP contribution in [0, 0.1) is 5.95 Å². The van der Waals surface area contributed by atoms with Gasteiger partial charge in [-0.05, 0) is 19.9 Å². The molecular weight excluding hydrogens is 225 g/mol. The van der Waals surface area contributed by atoms with Gasteiger partial charge in [-0.1, -0.05) is 0 Å². The molecule has 5 heteroatoms. The highest BCUT2D eigenvalue weighted by Gasteiger charge is 2.22. The SMILES string of the molecule is CC(C)(Nc1ccnc(F)c1)c1nccs1. The maximum Gasteiger partial charge on any atom is 0.214 e. The first-order valence-corrected chi connectivity index (χ1v) is 5.75. The third-order valence-electron chi connectivity index (χ3n) is 2.15.